The number of hydrogen-bond acceptors (Lipinski definition) is 2. The molecule has 5 rings (SSSR count). The average molecular weight is 273 g/mol. The van der Waals surface area contributed by atoms with Crippen molar-refractivity contribution in [2.75, 3.05) is 0 Å². The molecule has 4 bridgehead atoms. The molecule has 4 saturated carbocycles. The number of amides is 1. The van der Waals surface area contributed by atoms with E-state index in [0.717, 1.165) is 42.7 Å². The van der Waals surface area contributed by atoms with E-state index in [1.54, 1.807) is 6.33 Å². The van der Waals surface area contributed by atoms with Crippen molar-refractivity contribution in [3.05, 3.63) is 18.2 Å². The second-order valence-electron chi connectivity index (χ2n) is 7.41. The molecule has 1 aromatic rings. The molecule has 1 amide bonds. The zero-order chi connectivity index (χ0) is 13.7. The third-order valence-corrected chi connectivity index (χ3v) is 5.71. The van der Waals surface area contributed by atoms with Gasteiger partial charge >= 0.3 is 0 Å². The number of hydrogen-bond donors (Lipinski definition) is 1. The van der Waals surface area contributed by atoms with Crippen molar-refractivity contribution in [1.82, 2.24) is 14.9 Å². The minimum atomic E-state index is -0.0382. The molecule has 0 spiro atoms. The lowest BCUT2D eigenvalue weighted by Gasteiger charge is -2.55. The highest BCUT2D eigenvalue weighted by Crippen LogP contribution is 2.60. The van der Waals surface area contributed by atoms with E-state index in [1.165, 1.54) is 19.3 Å². The summed E-state index contributed by atoms with van der Waals surface area (Å²) in [5.74, 6) is 2.76. The summed E-state index contributed by atoms with van der Waals surface area (Å²) in [5, 5.41) is 3.15. The Morgan fingerprint density at radius 2 is 1.90 bits per heavy atom. The standard InChI is InChI=1S/C16H23N3O/c1-19-9-14(18-10-19)8-17-15(20)16-5-11-2-12(6-16)4-13(3-11)7-16/h9-13H,2-8H2,1H3,(H,17,20). The SMILES string of the molecule is Cn1cnc(CNC(=O)C23CC4CC(CC(C4)C2)C3)c1. The number of nitrogens with zero attached hydrogens (tertiary/aromatic N) is 2. The third-order valence-electron chi connectivity index (χ3n) is 5.71. The molecule has 0 unspecified atom stereocenters. The maximum Gasteiger partial charge on any atom is 0.226 e. The van der Waals surface area contributed by atoms with Crippen LogP contribution in [-0.2, 0) is 18.4 Å². The summed E-state index contributed by atoms with van der Waals surface area (Å²) >= 11 is 0. The lowest BCUT2D eigenvalue weighted by Crippen LogP contribution is -2.53. The van der Waals surface area contributed by atoms with E-state index in [-0.39, 0.29) is 5.41 Å². The van der Waals surface area contributed by atoms with Gasteiger partial charge in [0.1, 0.15) is 0 Å². The normalized spacial score (nSPS) is 38.1. The third kappa shape index (κ3) is 1.97. The van der Waals surface area contributed by atoms with E-state index in [0.29, 0.717) is 12.5 Å². The molecule has 1 aromatic heterocycles. The van der Waals surface area contributed by atoms with E-state index >= 15 is 0 Å². The molecule has 4 heteroatoms. The van der Waals surface area contributed by atoms with Crippen molar-refractivity contribution in [3.8, 4) is 0 Å². The van der Waals surface area contributed by atoms with Gasteiger partial charge in [-0.15, -0.1) is 0 Å². The molecule has 4 aliphatic carbocycles. The van der Waals surface area contributed by atoms with Crippen LogP contribution in [0.5, 0.6) is 0 Å². The number of nitrogens with one attached hydrogen (secondary N) is 1. The van der Waals surface area contributed by atoms with Crippen LogP contribution in [0.4, 0.5) is 0 Å². The van der Waals surface area contributed by atoms with Gasteiger partial charge in [-0.3, -0.25) is 4.79 Å². The fourth-order valence-electron chi connectivity index (χ4n) is 5.31. The number of rotatable bonds is 3. The zero-order valence-corrected chi connectivity index (χ0v) is 12.1. The molecule has 1 heterocycles. The molecule has 0 aromatic carbocycles. The predicted molar refractivity (Wildman–Crippen MR) is 75.7 cm³/mol. The van der Waals surface area contributed by atoms with E-state index in [9.17, 15) is 4.79 Å². The highest BCUT2D eigenvalue weighted by atomic mass is 16.2. The van der Waals surface area contributed by atoms with Crippen molar-refractivity contribution in [2.24, 2.45) is 30.2 Å². The molecule has 20 heavy (non-hydrogen) atoms. The zero-order valence-electron chi connectivity index (χ0n) is 12.1. The summed E-state index contributed by atoms with van der Waals surface area (Å²) < 4.78 is 1.92. The van der Waals surface area contributed by atoms with Gasteiger partial charge in [0.25, 0.3) is 0 Å². The summed E-state index contributed by atoms with van der Waals surface area (Å²) in [6, 6.07) is 0. The molecule has 0 radical (unpaired) electrons. The Balaban J connectivity index is 1.45. The molecule has 0 saturated heterocycles. The molecule has 0 atom stereocenters. The van der Waals surface area contributed by atoms with Gasteiger partial charge in [0.15, 0.2) is 0 Å². The maximum absolute atomic E-state index is 12.7. The first kappa shape index (κ1) is 12.4. The van der Waals surface area contributed by atoms with Crippen LogP contribution < -0.4 is 5.32 Å². The highest BCUT2D eigenvalue weighted by molar-refractivity contribution is 5.83. The van der Waals surface area contributed by atoms with Crippen LogP contribution in [0.15, 0.2) is 12.5 Å². The van der Waals surface area contributed by atoms with Crippen LogP contribution in [0.3, 0.4) is 0 Å². The average Bonchev–Trinajstić information content (AvgIpc) is 2.80. The van der Waals surface area contributed by atoms with Crippen LogP contribution in [0.1, 0.15) is 44.2 Å². The smallest absolute Gasteiger partial charge is 0.226 e. The van der Waals surface area contributed by atoms with E-state index in [1.807, 2.05) is 17.8 Å². The molecule has 0 aliphatic heterocycles. The summed E-state index contributed by atoms with van der Waals surface area (Å²) in [6.45, 7) is 0.571. The largest absolute Gasteiger partial charge is 0.350 e. The van der Waals surface area contributed by atoms with Gasteiger partial charge in [-0.1, -0.05) is 0 Å². The Hall–Kier alpha value is -1.32. The van der Waals surface area contributed by atoms with Gasteiger partial charge in [-0.2, -0.15) is 0 Å². The summed E-state index contributed by atoms with van der Waals surface area (Å²) in [6.07, 6.45) is 11.3. The van der Waals surface area contributed by atoms with Gasteiger partial charge in [0, 0.05) is 18.7 Å². The van der Waals surface area contributed by atoms with Crippen LogP contribution in [0.25, 0.3) is 0 Å². The van der Waals surface area contributed by atoms with Crippen LogP contribution in [0, 0.1) is 23.2 Å². The van der Waals surface area contributed by atoms with E-state index in [4.69, 9.17) is 0 Å². The second kappa shape index (κ2) is 4.34. The van der Waals surface area contributed by atoms with Crippen LogP contribution >= 0.6 is 0 Å². The Kier molecular flexibility index (Phi) is 2.69. The number of imidazole rings is 1. The van der Waals surface area contributed by atoms with Crippen molar-refractivity contribution in [2.45, 2.75) is 45.1 Å². The summed E-state index contributed by atoms with van der Waals surface area (Å²) in [7, 11) is 1.96. The summed E-state index contributed by atoms with van der Waals surface area (Å²) in [4.78, 5) is 17.0. The molecule has 4 aliphatic rings. The van der Waals surface area contributed by atoms with Crippen LogP contribution in [-0.4, -0.2) is 15.5 Å². The van der Waals surface area contributed by atoms with Gasteiger partial charge in [0.05, 0.1) is 18.6 Å². The first-order chi connectivity index (χ1) is 9.63. The number of aromatic nitrogens is 2. The molecular formula is C16H23N3O. The number of carbonyl (C=O) groups is 1. The quantitative estimate of drug-likeness (QED) is 0.918. The highest BCUT2D eigenvalue weighted by Gasteiger charge is 2.54. The fourth-order valence-corrected chi connectivity index (χ4v) is 5.31. The molecule has 108 valence electrons. The Labute approximate surface area is 120 Å². The Morgan fingerprint density at radius 3 is 2.40 bits per heavy atom. The second-order valence-corrected chi connectivity index (χ2v) is 7.41. The van der Waals surface area contributed by atoms with E-state index in [2.05, 4.69) is 10.3 Å². The minimum Gasteiger partial charge on any atom is -0.350 e. The lowest BCUT2D eigenvalue weighted by atomic mass is 9.49. The predicted octanol–water partition coefficient (Wildman–Crippen LogP) is 2.25. The Morgan fingerprint density at radius 1 is 1.30 bits per heavy atom. The van der Waals surface area contributed by atoms with Gasteiger partial charge in [0.2, 0.25) is 5.91 Å². The Bertz CT molecular complexity index is 498. The molecule has 4 nitrogen and oxygen atoms in total. The number of aryl methyl sites for hydroxylation is 1. The van der Waals surface area contributed by atoms with Crippen molar-refractivity contribution in [3.63, 3.8) is 0 Å². The van der Waals surface area contributed by atoms with E-state index < -0.39 is 0 Å². The van der Waals surface area contributed by atoms with Crippen molar-refractivity contribution >= 4 is 5.91 Å². The lowest BCUT2D eigenvalue weighted by molar-refractivity contribution is -0.146. The minimum absolute atomic E-state index is 0.0382. The molecule has 4 fully saturated rings. The molecule has 1 N–H and O–H groups in total. The summed E-state index contributed by atoms with van der Waals surface area (Å²) in [5.41, 5.74) is 0.911. The van der Waals surface area contributed by atoms with Crippen molar-refractivity contribution < 1.29 is 4.79 Å². The van der Waals surface area contributed by atoms with Gasteiger partial charge in [-0.25, -0.2) is 4.98 Å². The maximum atomic E-state index is 12.7. The first-order valence-electron chi connectivity index (χ1n) is 7.88. The first-order valence-corrected chi connectivity index (χ1v) is 7.88. The fraction of sp³-hybridized carbons (Fsp3) is 0.750. The van der Waals surface area contributed by atoms with Gasteiger partial charge < -0.3 is 9.88 Å². The van der Waals surface area contributed by atoms with Gasteiger partial charge in [-0.05, 0) is 56.3 Å². The monoisotopic (exact) mass is 273 g/mol. The van der Waals surface area contributed by atoms with Crippen molar-refractivity contribution in [1.29, 1.82) is 0 Å². The topological polar surface area (TPSA) is 46.9 Å². The number of carbonyl (C=O) groups excluding carboxylic acids is 1. The molecular weight excluding hydrogens is 250 g/mol. The van der Waals surface area contributed by atoms with Crippen LogP contribution in [0.2, 0.25) is 0 Å².